The Hall–Kier alpha value is -2.01. The van der Waals surface area contributed by atoms with E-state index in [0.29, 0.717) is 35.0 Å². The number of unbranched alkanes of at least 4 members (excludes halogenated alkanes) is 1. The SMILES string of the molecule is CCCCOc1cc(Br)c(OC)c(C)c1C(=O)Oc1ccccc1. The van der Waals surface area contributed by atoms with E-state index in [0.717, 1.165) is 17.3 Å². The lowest BCUT2D eigenvalue weighted by atomic mass is 10.1. The summed E-state index contributed by atoms with van der Waals surface area (Å²) in [6, 6.07) is 10.7. The van der Waals surface area contributed by atoms with E-state index in [1.165, 1.54) is 0 Å². The fraction of sp³-hybridized carbons (Fsp3) is 0.316. The summed E-state index contributed by atoms with van der Waals surface area (Å²) >= 11 is 3.46. The topological polar surface area (TPSA) is 44.8 Å². The van der Waals surface area contributed by atoms with E-state index in [2.05, 4.69) is 22.9 Å². The Morgan fingerprint density at radius 1 is 1.21 bits per heavy atom. The van der Waals surface area contributed by atoms with Gasteiger partial charge < -0.3 is 14.2 Å². The van der Waals surface area contributed by atoms with Crippen LogP contribution in [0, 0.1) is 6.92 Å². The minimum Gasteiger partial charge on any atom is -0.495 e. The molecule has 0 aliphatic carbocycles. The van der Waals surface area contributed by atoms with E-state index >= 15 is 0 Å². The number of carbonyl (C=O) groups excluding carboxylic acids is 1. The zero-order valence-electron chi connectivity index (χ0n) is 14.1. The quantitative estimate of drug-likeness (QED) is 0.370. The van der Waals surface area contributed by atoms with Crippen LogP contribution >= 0.6 is 15.9 Å². The maximum absolute atomic E-state index is 12.7. The fourth-order valence-electron chi connectivity index (χ4n) is 2.32. The number of benzene rings is 2. The first-order valence-electron chi connectivity index (χ1n) is 7.85. The molecule has 4 nitrogen and oxygen atoms in total. The number of methoxy groups -OCH3 is 1. The predicted molar refractivity (Wildman–Crippen MR) is 97.2 cm³/mol. The smallest absolute Gasteiger partial charge is 0.347 e. The third-order valence-electron chi connectivity index (χ3n) is 3.55. The highest BCUT2D eigenvalue weighted by Crippen LogP contribution is 2.38. The second-order valence-electron chi connectivity index (χ2n) is 5.29. The molecular weight excluding hydrogens is 372 g/mol. The summed E-state index contributed by atoms with van der Waals surface area (Å²) in [6.45, 7) is 4.45. The molecule has 0 spiro atoms. The molecule has 0 unspecified atom stereocenters. The first kappa shape index (κ1) is 18.3. The Kier molecular flexibility index (Phi) is 6.67. The van der Waals surface area contributed by atoms with Crippen LogP contribution in [0.5, 0.6) is 17.2 Å². The molecule has 0 atom stereocenters. The van der Waals surface area contributed by atoms with Crippen LogP contribution in [-0.4, -0.2) is 19.7 Å². The molecular formula is C19H21BrO4. The molecule has 0 fully saturated rings. The Bertz CT molecular complexity index is 698. The van der Waals surface area contributed by atoms with Gasteiger partial charge in [-0.25, -0.2) is 4.79 Å². The van der Waals surface area contributed by atoms with Gasteiger partial charge in [0, 0.05) is 5.56 Å². The van der Waals surface area contributed by atoms with Crippen molar-refractivity contribution in [1.29, 1.82) is 0 Å². The summed E-state index contributed by atoms with van der Waals surface area (Å²) in [5.74, 6) is 1.12. The van der Waals surface area contributed by atoms with Crippen LogP contribution in [0.15, 0.2) is 40.9 Å². The van der Waals surface area contributed by atoms with Crippen molar-refractivity contribution in [2.75, 3.05) is 13.7 Å². The molecule has 24 heavy (non-hydrogen) atoms. The fourth-order valence-corrected chi connectivity index (χ4v) is 2.99. The summed E-state index contributed by atoms with van der Waals surface area (Å²) in [7, 11) is 1.57. The average Bonchev–Trinajstić information content (AvgIpc) is 2.56. The number of hydrogen-bond donors (Lipinski definition) is 0. The first-order chi connectivity index (χ1) is 11.6. The van der Waals surface area contributed by atoms with Crippen LogP contribution in [0.4, 0.5) is 0 Å². The number of halogens is 1. The third kappa shape index (κ3) is 4.29. The monoisotopic (exact) mass is 392 g/mol. The first-order valence-corrected chi connectivity index (χ1v) is 8.64. The average molecular weight is 393 g/mol. The van der Waals surface area contributed by atoms with Crippen molar-refractivity contribution < 1.29 is 19.0 Å². The van der Waals surface area contributed by atoms with Gasteiger partial charge in [-0.2, -0.15) is 0 Å². The maximum Gasteiger partial charge on any atom is 0.347 e. The van der Waals surface area contributed by atoms with Crippen molar-refractivity contribution in [2.45, 2.75) is 26.7 Å². The van der Waals surface area contributed by atoms with Gasteiger partial charge in [0.25, 0.3) is 0 Å². The van der Waals surface area contributed by atoms with Gasteiger partial charge in [0.05, 0.1) is 18.2 Å². The van der Waals surface area contributed by atoms with Crippen LogP contribution in [-0.2, 0) is 0 Å². The van der Waals surface area contributed by atoms with Crippen molar-refractivity contribution >= 4 is 21.9 Å². The Morgan fingerprint density at radius 2 is 1.92 bits per heavy atom. The molecule has 2 rings (SSSR count). The minimum absolute atomic E-state index is 0.384. The van der Waals surface area contributed by atoms with Crippen molar-refractivity contribution in [3.8, 4) is 17.2 Å². The van der Waals surface area contributed by atoms with Gasteiger partial charge in [-0.3, -0.25) is 0 Å². The lowest BCUT2D eigenvalue weighted by molar-refractivity contribution is 0.0728. The van der Waals surface area contributed by atoms with Crippen molar-refractivity contribution in [3.05, 3.63) is 52.0 Å². The van der Waals surface area contributed by atoms with E-state index in [4.69, 9.17) is 14.2 Å². The lowest BCUT2D eigenvalue weighted by Gasteiger charge is -2.17. The molecule has 128 valence electrons. The number of carbonyl (C=O) groups is 1. The van der Waals surface area contributed by atoms with Crippen LogP contribution in [0.25, 0.3) is 0 Å². The molecule has 0 heterocycles. The van der Waals surface area contributed by atoms with Gasteiger partial charge in [0.2, 0.25) is 0 Å². The Labute approximate surface area is 150 Å². The summed E-state index contributed by atoms with van der Waals surface area (Å²) in [5, 5.41) is 0. The highest BCUT2D eigenvalue weighted by atomic mass is 79.9. The molecule has 0 bridgehead atoms. The van der Waals surface area contributed by atoms with Gasteiger partial charge in [-0.15, -0.1) is 0 Å². The minimum atomic E-state index is -0.462. The maximum atomic E-state index is 12.7. The Morgan fingerprint density at radius 3 is 2.54 bits per heavy atom. The van der Waals surface area contributed by atoms with Crippen molar-refractivity contribution in [1.82, 2.24) is 0 Å². The zero-order chi connectivity index (χ0) is 17.5. The predicted octanol–water partition coefficient (Wildman–Crippen LogP) is 5.16. The molecule has 0 amide bonds. The van der Waals surface area contributed by atoms with E-state index in [9.17, 15) is 4.79 Å². The van der Waals surface area contributed by atoms with E-state index in [1.54, 1.807) is 25.3 Å². The van der Waals surface area contributed by atoms with Crippen LogP contribution < -0.4 is 14.2 Å². The van der Waals surface area contributed by atoms with Crippen LogP contribution in [0.1, 0.15) is 35.7 Å². The van der Waals surface area contributed by atoms with Crippen LogP contribution in [0.3, 0.4) is 0 Å². The largest absolute Gasteiger partial charge is 0.495 e. The van der Waals surface area contributed by atoms with E-state index in [-0.39, 0.29) is 0 Å². The summed E-state index contributed by atoms with van der Waals surface area (Å²) < 4.78 is 17.4. The molecule has 0 aliphatic heterocycles. The van der Waals surface area contributed by atoms with Gasteiger partial charge >= 0.3 is 5.97 Å². The number of rotatable bonds is 7. The van der Waals surface area contributed by atoms with E-state index in [1.807, 2.05) is 25.1 Å². The molecule has 2 aromatic rings. The zero-order valence-corrected chi connectivity index (χ0v) is 15.7. The normalized spacial score (nSPS) is 10.3. The summed E-state index contributed by atoms with van der Waals surface area (Å²) in [6.07, 6.45) is 1.93. The van der Waals surface area contributed by atoms with Gasteiger partial charge in [0.15, 0.2) is 0 Å². The number of ether oxygens (including phenoxy) is 3. The molecule has 5 heteroatoms. The standard InChI is InChI=1S/C19H21BrO4/c1-4-5-11-23-16-12-15(20)18(22-3)13(2)17(16)19(21)24-14-9-7-6-8-10-14/h6-10,12H,4-5,11H2,1-3H3. The Balaban J connectivity index is 2.38. The van der Waals surface area contributed by atoms with Crippen molar-refractivity contribution in [3.63, 3.8) is 0 Å². The molecule has 0 saturated carbocycles. The molecule has 2 aromatic carbocycles. The van der Waals surface area contributed by atoms with Crippen molar-refractivity contribution in [2.24, 2.45) is 0 Å². The lowest BCUT2D eigenvalue weighted by Crippen LogP contribution is -2.14. The molecule has 0 aromatic heterocycles. The number of para-hydroxylation sites is 1. The molecule has 0 saturated heterocycles. The van der Waals surface area contributed by atoms with Crippen LogP contribution in [0.2, 0.25) is 0 Å². The summed E-state index contributed by atoms with van der Waals surface area (Å²) in [5.41, 5.74) is 1.06. The third-order valence-corrected chi connectivity index (χ3v) is 4.14. The van der Waals surface area contributed by atoms with Gasteiger partial charge in [-0.05, 0) is 47.5 Å². The second kappa shape index (κ2) is 8.73. The molecule has 0 aliphatic rings. The highest BCUT2D eigenvalue weighted by Gasteiger charge is 2.23. The molecule has 0 radical (unpaired) electrons. The van der Waals surface area contributed by atoms with E-state index < -0.39 is 5.97 Å². The molecule has 0 N–H and O–H groups in total. The van der Waals surface area contributed by atoms with Gasteiger partial charge in [-0.1, -0.05) is 31.5 Å². The number of esters is 1. The second-order valence-corrected chi connectivity index (χ2v) is 6.15. The number of hydrogen-bond acceptors (Lipinski definition) is 4. The highest BCUT2D eigenvalue weighted by molar-refractivity contribution is 9.10. The summed E-state index contributed by atoms with van der Waals surface area (Å²) in [4.78, 5) is 12.7. The van der Waals surface area contributed by atoms with Gasteiger partial charge in [0.1, 0.15) is 22.8 Å².